The molecule has 1 aliphatic rings. The number of allylic oxidation sites excluding steroid dienone is 1. The summed E-state index contributed by atoms with van der Waals surface area (Å²) in [5.41, 5.74) is 1.32. The second-order valence-corrected chi connectivity index (χ2v) is 7.20. The number of rotatable bonds is 3. The van der Waals surface area contributed by atoms with Crippen molar-refractivity contribution in [3.05, 3.63) is 12.2 Å². The van der Waals surface area contributed by atoms with Crippen LogP contribution in [0.3, 0.4) is 0 Å². The van der Waals surface area contributed by atoms with Gasteiger partial charge in [0.2, 0.25) is 0 Å². The van der Waals surface area contributed by atoms with Gasteiger partial charge in [0.1, 0.15) is 0 Å². The zero-order chi connectivity index (χ0) is 10.9. The molecule has 0 saturated heterocycles. The van der Waals surface area contributed by atoms with E-state index >= 15 is 0 Å². The van der Waals surface area contributed by atoms with E-state index in [-0.39, 0.29) is 4.75 Å². The molecule has 1 N–H and O–H groups in total. The maximum Gasteiger partial charge on any atom is 0.0972 e. The van der Waals surface area contributed by atoms with Gasteiger partial charge in [0.05, 0.1) is 15.7 Å². The third kappa shape index (κ3) is 2.92. The summed E-state index contributed by atoms with van der Waals surface area (Å²) in [6, 6.07) is 0.334. The van der Waals surface area contributed by atoms with Crippen LogP contribution in [0.2, 0.25) is 0 Å². The summed E-state index contributed by atoms with van der Waals surface area (Å²) < 4.78 is 14.8. The van der Waals surface area contributed by atoms with Crippen molar-refractivity contribution in [2.45, 2.75) is 51.3 Å². The molecule has 2 nitrogen and oxygen atoms in total. The molecule has 0 heterocycles. The predicted molar refractivity (Wildman–Crippen MR) is 62.4 cm³/mol. The summed E-state index contributed by atoms with van der Waals surface area (Å²) in [5.74, 6) is 0.633. The van der Waals surface area contributed by atoms with E-state index in [0.717, 1.165) is 12.8 Å². The van der Waals surface area contributed by atoms with Gasteiger partial charge < -0.3 is 0 Å². The SMILES string of the molecule is C=C1CC(C(C)NS(=O)C(C)(C)C)C1. The molecule has 0 bridgehead atoms. The Hall–Kier alpha value is -0.150. The van der Waals surface area contributed by atoms with Gasteiger partial charge in [0, 0.05) is 6.04 Å². The molecule has 3 heteroatoms. The van der Waals surface area contributed by atoms with Gasteiger partial charge in [-0.25, -0.2) is 8.93 Å². The Morgan fingerprint density at radius 2 is 2.00 bits per heavy atom. The van der Waals surface area contributed by atoms with Crippen LogP contribution in [0.25, 0.3) is 0 Å². The second-order valence-electron chi connectivity index (χ2n) is 5.21. The summed E-state index contributed by atoms with van der Waals surface area (Å²) >= 11 is 0. The first-order valence-electron chi connectivity index (χ1n) is 5.15. The molecule has 0 radical (unpaired) electrons. The van der Waals surface area contributed by atoms with Crippen LogP contribution in [0.15, 0.2) is 12.2 Å². The summed E-state index contributed by atoms with van der Waals surface area (Å²) in [6.07, 6.45) is 2.19. The van der Waals surface area contributed by atoms with E-state index in [0.29, 0.717) is 12.0 Å². The van der Waals surface area contributed by atoms with Crippen molar-refractivity contribution >= 4 is 11.0 Å². The smallest absolute Gasteiger partial charge is 0.0972 e. The molecule has 0 aliphatic heterocycles. The monoisotopic (exact) mass is 215 g/mol. The Morgan fingerprint density at radius 1 is 1.50 bits per heavy atom. The van der Waals surface area contributed by atoms with Gasteiger partial charge in [-0.3, -0.25) is 0 Å². The Morgan fingerprint density at radius 3 is 2.36 bits per heavy atom. The van der Waals surface area contributed by atoms with Crippen molar-refractivity contribution in [2.75, 3.05) is 0 Å². The van der Waals surface area contributed by atoms with Gasteiger partial charge in [0.25, 0.3) is 0 Å². The summed E-state index contributed by atoms with van der Waals surface area (Å²) in [6.45, 7) is 12.0. The lowest BCUT2D eigenvalue weighted by atomic mass is 9.77. The number of hydrogen-bond acceptors (Lipinski definition) is 1. The van der Waals surface area contributed by atoms with Gasteiger partial charge in [-0.15, -0.1) is 0 Å². The molecule has 0 spiro atoms. The van der Waals surface area contributed by atoms with E-state index in [9.17, 15) is 4.21 Å². The maximum absolute atomic E-state index is 11.8. The van der Waals surface area contributed by atoms with E-state index in [1.165, 1.54) is 5.57 Å². The first-order chi connectivity index (χ1) is 6.30. The highest BCUT2D eigenvalue weighted by Gasteiger charge is 2.30. The van der Waals surface area contributed by atoms with E-state index in [1.807, 2.05) is 20.8 Å². The molecule has 14 heavy (non-hydrogen) atoms. The largest absolute Gasteiger partial charge is 0.242 e. The van der Waals surface area contributed by atoms with Gasteiger partial charge in [-0.1, -0.05) is 12.2 Å². The van der Waals surface area contributed by atoms with Crippen molar-refractivity contribution in [3.63, 3.8) is 0 Å². The Balaban J connectivity index is 2.38. The van der Waals surface area contributed by atoms with Crippen LogP contribution in [0, 0.1) is 5.92 Å². The summed E-state index contributed by atoms with van der Waals surface area (Å²) in [7, 11) is -0.947. The standard InChI is InChI=1S/C11H21NOS/c1-8-6-10(7-8)9(2)12-14(13)11(3,4)5/h9-10,12H,1,6-7H2,2-5H3. The lowest BCUT2D eigenvalue weighted by Gasteiger charge is -2.35. The fraction of sp³-hybridized carbons (Fsp3) is 0.818. The zero-order valence-electron chi connectivity index (χ0n) is 9.59. The minimum Gasteiger partial charge on any atom is -0.242 e. The van der Waals surface area contributed by atoms with Crippen molar-refractivity contribution in [2.24, 2.45) is 5.92 Å². The van der Waals surface area contributed by atoms with Crippen molar-refractivity contribution in [1.29, 1.82) is 0 Å². The number of hydrogen-bond donors (Lipinski definition) is 1. The third-order valence-electron chi connectivity index (χ3n) is 2.66. The van der Waals surface area contributed by atoms with Crippen LogP contribution in [-0.2, 0) is 11.0 Å². The van der Waals surface area contributed by atoms with Gasteiger partial charge >= 0.3 is 0 Å². The Labute approximate surface area is 89.8 Å². The Kier molecular flexibility index (Phi) is 3.53. The normalized spacial score (nSPS) is 23.0. The minimum absolute atomic E-state index is 0.172. The second kappa shape index (κ2) is 4.15. The molecule has 0 aromatic carbocycles. The molecular weight excluding hydrogens is 194 g/mol. The van der Waals surface area contributed by atoms with E-state index in [2.05, 4.69) is 18.2 Å². The van der Waals surface area contributed by atoms with Crippen LogP contribution >= 0.6 is 0 Å². The fourth-order valence-corrected chi connectivity index (χ4v) is 2.36. The van der Waals surface area contributed by atoms with Crippen LogP contribution < -0.4 is 4.72 Å². The molecule has 82 valence electrons. The molecule has 1 saturated carbocycles. The highest BCUT2D eigenvalue weighted by Crippen LogP contribution is 2.34. The minimum atomic E-state index is -0.947. The van der Waals surface area contributed by atoms with E-state index in [1.54, 1.807) is 0 Å². The van der Waals surface area contributed by atoms with E-state index in [4.69, 9.17) is 0 Å². The van der Waals surface area contributed by atoms with Crippen LogP contribution in [0.4, 0.5) is 0 Å². The molecular formula is C11H21NOS. The van der Waals surface area contributed by atoms with E-state index < -0.39 is 11.0 Å². The zero-order valence-corrected chi connectivity index (χ0v) is 10.4. The highest BCUT2D eigenvalue weighted by atomic mass is 32.2. The Bertz CT molecular complexity index is 247. The van der Waals surface area contributed by atoms with Gasteiger partial charge in [0.15, 0.2) is 0 Å². The molecule has 1 aliphatic carbocycles. The lowest BCUT2D eigenvalue weighted by molar-refractivity contribution is 0.341. The molecule has 1 rings (SSSR count). The van der Waals surface area contributed by atoms with Crippen LogP contribution in [0.5, 0.6) is 0 Å². The predicted octanol–water partition coefficient (Wildman–Crippen LogP) is 2.39. The van der Waals surface area contributed by atoms with Crippen molar-refractivity contribution in [3.8, 4) is 0 Å². The molecule has 0 aromatic rings. The first kappa shape index (κ1) is 11.9. The average molecular weight is 215 g/mol. The highest BCUT2D eigenvalue weighted by molar-refractivity contribution is 7.84. The first-order valence-corrected chi connectivity index (χ1v) is 6.30. The molecule has 1 fully saturated rings. The third-order valence-corrected chi connectivity index (χ3v) is 4.36. The van der Waals surface area contributed by atoms with Crippen LogP contribution in [0.1, 0.15) is 40.5 Å². The van der Waals surface area contributed by atoms with Gasteiger partial charge in [-0.05, 0) is 46.5 Å². The average Bonchev–Trinajstić information content (AvgIpc) is 1.96. The quantitative estimate of drug-likeness (QED) is 0.720. The lowest BCUT2D eigenvalue weighted by Crippen LogP contribution is -2.44. The maximum atomic E-state index is 11.8. The van der Waals surface area contributed by atoms with Crippen LogP contribution in [-0.4, -0.2) is 15.0 Å². The van der Waals surface area contributed by atoms with Crippen molar-refractivity contribution < 1.29 is 4.21 Å². The number of nitrogens with one attached hydrogen (secondary N) is 1. The fourth-order valence-electron chi connectivity index (χ4n) is 1.48. The molecule has 2 atom stereocenters. The topological polar surface area (TPSA) is 29.1 Å². The van der Waals surface area contributed by atoms with Gasteiger partial charge in [-0.2, -0.15) is 0 Å². The molecule has 0 amide bonds. The molecule has 2 unspecified atom stereocenters. The summed E-state index contributed by atoms with van der Waals surface area (Å²) in [5, 5.41) is 0. The molecule has 0 aromatic heterocycles. The summed E-state index contributed by atoms with van der Waals surface area (Å²) in [4.78, 5) is 0. The van der Waals surface area contributed by atoms with Crippen molar-refractivity contribution in [1.82, 2.24) is 4.72 Å².